The zero-order valence-corrected chi connectivity index (χ0v) is 19.5. The minimum absolute atomic E-state index is 0.0143. The number of carbonyl (C=O) groups excluding carboxylic acids is 1. The molecule has 3 aromatic rings. The molecule has 2 heterocycles. The van der Waals surface area contributed by atoms with Gasteiger partial charge in [-0.15, -0.1) is 0 Å². The molecule has 0 saturated carbocycles. The normalized spacial score (nSPS) is 19.5. The summed E-state index contributed by atoms with van der Waals surface area (Å²) >= 11 is 3.55. The predicted octanol–water partition coefficient (Wildman–Crippen LogP) is 4.39. The molecular formula is C24H24BrN3O4. The number of ether oxygens (including phenoxy) is 1. The number of benzene rings is 2. The Hall–Kier alpha value is -2.71. The first-order chi connectivity index (χ1) is 15.5. The number of hydrogen-bond donors (Lipinski definition) is 1. The molecule has 1 saturated heterocycles. The summed E-state index contributed by atoms with van der Waals surface area (Å²) < 4.78 is 12.2. The number of likely N-dealkylation sites (tertiary alicyclic amines) is 1. The van der Waals surface area contributed by atoms with Crippen LogP contribution in [0.15, 0.2) is 45.4 Å². The van der Waals surface area contributed by atoms with Crippen molar-refractivity contribution in [3.05, 3.63) is 52.0 Å². The van der Waals surface area contributed by atoms with E-state index in [4.69, 9.17) is 9.26 Å². The number of aromatic nitrogens is 2. The van der Waals surface area contributed by atoms with Gasteiger partial charge in [-0.05, 0) is 71.4 Å². The van der Waals surface area contributed by atoms with Crippen LogP contribution in [-0.2, 0) is 11.2 Å². The van der Waals surface area contributed by atoms with Crippen LogP contribution in [0.4, 0.5) is 0 Å². The summed E-state index contributed by atoms with van der Waals surface area (Å²) in [6.45, 7) is 4.29. The average Bonchev–Trinajstić information content (AvgIpc) is 3.44. The first kappa shape index (κ1) is 21.2. The number of nitrogens with zero attached hydrogens (tertiary/aromatic N) is 3. The summed E-state index contributed by atoms with van der Waals surface area (Å²) in [5, 5.41) is 13.6. The Morgan fingerprint density at radius 1 is 1.28 bits per heavy atom. The van der Waals surface area contributed by atoms with E-state index >= 15 is 0 Å². The van der Waals surface area contributed by atoms with Gasteiger partial charge in [-0.1, -0.05) is 23.4 Å². The minimum Gasteiger partial charge on any atom is -0.490 e. The number of fused-ring (bicyclic) bond motifs is 3. The van der Waals surface area contributed by atoms with Crippen molar-refractivity contribution < 1.29 is 19.2 Å². The Labute approximate surface area is 194 Å². The number of halogens is 1. The summed E-state index contributed by atoms with van der Waals surface area (Å²) in [6.07, 6.45) is 1.38. The van der Waals surface area contributed by atoms with E-state index in [0.29, 0.717) is 24.7 Å². The highest BCUT2D eigenvalue weighted by Gasteiger charge is 2.46. The molecule has 166 valence electrons. The van der Waals surface area contributed by atoms with Gasteiger partial charge in [0.05, 0.1) is 23.2 Å². The molecule has 5 rings (SSSR count). The van der Waals surface area contributed by atoms with Gasteiger partial charge in [-0.2, -0.15) is 4.98 Å². The summed E-state index contributed by atoms with van der Waals surface area (Å²) in [6, 6.07) is 11.8. The first-order valence-electron chi connectivity index (χ1n) is 10.8. The number of rotatable bonds is 6. The zero-order chi connectivity index (χ0) is 22.4. The summed E-state index contributed by atoms with van der Waals surface area (Å²) in [4.78, 5) is 18.8. The second-order valence-electron chi connectivity index (χ2n) is 8.53. The molecule has 1 fully saturated rings. The summed E-state index contributed by atoms with van der Waals surface area (Å²) in [7, 11) is 0. The van der Waals surface area contributed by atoms with Crippen LogP contribution in [0.2, 0.25) is 0 Å². The van der Waals surface area contributed by atoms with Crippen LogP contribution in [-0.4, -0.2) is 45.3 Å². The van der Waals surface area contributed by atoms with Gasteiger partial charge >= 0.3 is 0 Å². The van der Waals surface area contributed by atoms with Gasteiger partial charge in [0.1, 0.15) is 5.75 Å². The average molecular weight is 498 g/mol. The highest BCUT2D eigenvalue weighted by Crippen LogP contribution is 2.49. The molecule has 8 heteroatoms. The lowest BCUT2D eigenvalue weighted by Crippen LogP contribution is -2.30. The van der Waals surface area contributed by atoms with Crippen molar-refractivity contribution in [3.8, 4) is 28.6 Å². The maximum Gasteiger partial charge on any atom is 0.258 e. The zero-order valence-electron chi connectivity index (χ0n) is 17.9. The molecular weight excluding hydrogens is 474 g/mol. The minimum atomic E-state index is -0.0330. The molecule has 2 aliphatic rings. The summed E-state index contributed by atoms with van der Waals surface area (Å²) in [5.41, 5.74) is 4.02. The maximum atomic E-state index is 12.4. The third-order valence-corrected chi connectivity index (χ3v) is 6.71. The van der Waals surface area contributed by atoms with E-state index in [0.717, 1.165) is 38.9 Å². The van der Waals surface area contributed by atoms with Crippen molar-refractivity contribution in [1.82, 2.24) is 15.0 Å². The standard InChI is InChI=1S/C24H24BrN3O4/c1-13(2)31-20-7-6-14(11-19(20)25)24-26-23(27-32-24)17-5-3-4-16-18(17)10-15-12-21(30)28(8-9-29)22(15)16/h3-7,11,13,15,22,29H,8-10,12H2,1-2H3/t15-,22+/m1/s1. The molecule has 7 nitrogen and oxygen atoms in total. The fraction of sp³-hybridized carbons (Fsp3) is 0.375. The second-order valence-corrected chi connectivity index (χ2v) is 9.39. The van der Waals surface area contributed by atoms with Crippen LogP contribution >= 0.6 is 15.9 Å². The highest BCUT2D eigenvalue weighted by molar-refractivity contribution is 9.10. The second kappa shape index (κ2) is 8.33. The van der Waals surface area contributed by atoms with Crippen molar-refractivity contribution >= 4 is 21.8 Å². The maximum absolute atomic E-state index is 12.4. The van der Waals surface area contributed by atoms with E-state index in [2.05, 4.69) is 32.1 Å². The Bertz CT molecular complexity index is 1180. The van der Waals surface area contributed by atoms with Gasteiger partial charge in [0.25, 0.3) is 5.89 Å². The highest BCUT2D eigenvalue weighted by atomic mass is 79.9. The first-order valence-corrected chi connectivity index (χ1v) is 11.6. The topological polar surface area (TPSA) is 88.7 Å². The number of β-amino-alcohol motifs (C(OH)–C–C–N with tert-alkyl or cyclic N) is 1. The van der Waals surface area contributed by atoms with E-state index in [-0.39, 0.29) is 30.6 Å². The fourth-order valence-corrected chi connectivity index (χ4v) is 5.33. The van der Waals surface area contributed by atoms with Crippen LogP contribution < -0.4 is 4.74 Å². The van der Waals surface area contributed by atoms with Gasteiger partial charge in [0.15, 0.2) is 0 Å². The molecule has 1 amide bonds. The molecule has 0 radical (unpaired) electrons. The molecule has 1 N–H and O–H groups in total. The molecule has 0 bridgehead atoms. The van der Waals surface area contributed by atoms with Crippen LogP contribution in [0, 0.1) is 5.92 Å². The van der Waals surface area contributed by atoms with Crippen molar-refractivity contribution in [3.63, 3.8) is 0 Å². The molecule has 2 aromatic carbocycles. The van der Waals surface area contributed by atoms with Crippen LogP contribution in [0.1, 0.15) is 37.4 Å². The largest absolute Gasteiger partial charge is 0.490 e. The molecule has 1 aliphatic heterocycles. The van der Waals surface area contributed by atoms with E-state index in [1.165, 1.54) is 0 Å². The molecule has 0 spiro atoms. The van der Waals surface area contributed by atoms with Gasteiger partial charge in [0, 0.05) is 24.1 Å². The number of hydrogen-bond acceptors (Lipinski definition) is 6. The monoisotopic (exact) mass is 497 g/mol. The van der Waals surface area contributed by atoms with E-state index in [9.17, 15) is 9.90 Å². The number of aliphatic hydroxyl groups excluding tert-OH is 1. The Morgan fingerprint density at radius 2 is 2.12 bits per heavy atom. The Kier molecular flexibility index (Phi) is 5.51. The van der Waals surface area contributed by atoms with Gasteiger partial charge in [0.2, 0.25) is 11.7 Å². The lowest BCUT2D eigenvalue weighted by atomic mass is 10.0. The fourth-order valence-electron chi connectivity index (χ4n) is 4.85. The number of aliphatic hydroxyl groups is 1. The van der Waals surface area contributed by atoms with Gasteiger partial charge in [-0.25, -0.2) is 0 Å². The summed E-state index contributed by atoms with van der Waals surface area (Å²) in [5.74, 6) is 2.07. The van der Waals surface area contributed by atoms with Crippen molar-refractivity contribution in [2.75, 3.05) is 13.2 Å². The molecule has 0 unspecified atom stereocenters. The Morgan fingerprint density at radius 3 is 2.88 bits per heavy atom. The Balaban J connectivity index is 1.46. The lowest BCUT2D eigenvalue weighted by Gasteiger charge is -2.24. The molecule has 32 heavy (non-hydrogen) atoms. The molecule has 1 aliphatic carbocycles. The number of carbonyl (C=O) groups is 1. The third-order valence-electron chi connectivity index (χ3n) is 6.09. The third kappa shape index (κ3) is 3.61. The van der Waals surface area contributed by atoms with Crippen LogP contribution in [0.5, 0.6) is 5.75 Å². The van der Waals surface area contributed by atoms with Crippen molar-refractivity contribution in [1.29, 1.82) is 0 Å². The smallest absolute Gasteiger partial charge is 0.258 e. The van der Waals surface area contributed by atoms with E-state index in [1.54, 1.807) is 4.90 Å². The van der Waals surface area contributed by atoms with E-state index < -0.39 is 0 Å². The molecule has 2 atom stereocenters. The van der Waals surface area contributed by atoms with Crippen LogP contribution in [0.3, 0.4) is 0 Å². The SMILES string of the molecule is CC(C)Oc1ccc(-c2nc(-c3cccc4c3C[C@@H]3CC(=O)N(CCO)[C@H]43)no2)cc1Br. The van der Waals surface area contributed by atoms with Gasteiger partial charge < -0.3 is 19.3 Å². The van der Waals surface area contributed by atoms with Crippen molar-refractivity contribution in [2.45, 2.75) is 38.8 Å². The predicted molar refractivity (Wildman–Crippen MR) is 122 cm³/mol. The van der Waals surface area contributed by atoms with E-state index in [1.807, 2.05) is 44.2 Å². The lowest BCUT2D eigenvalue weighted by molar-refractivity contribution is -0.129. The quantitative estimate of drug-likeness (QED) is 0.543. The van der Waals surface area contributed by atoms with Crippen LogP contribution in [0.25, 0.3) is 22.8 Å². The number of amides is 1. The van der Waals surface area contributed by atoms with Crippen molar-refractivity contribution in [2.24, 2.45) is 5.92 Å². The van der Waals surface area contributed by atoms with Gasteiger partial charge in [-0.3, -0.25) is 4.79 Å². The molecule has 1 aromatic heterocycles.